The molecule has 0 aliphatic rings. The van der Waals surface area contributed by atoms with E-state index in [0.717, 1.165) is 29.3 Å². The Morgan fingerprint density at radius 1 is 1.35 bits per heavy atom. The van der Waals surface area contributed by atoms with E-state index in [4.69, 9.17) is 5.11 Å². The Bertz CT molecular complexity index is 528. The zero-order valence-electron chi connectivity index (χ0n) is 9.99. The molecule has 90 valence electrons. The van der Waals surface area contributed by atoms with Crippen molar-refractivity contribution in [2.45, 2.75) is 32.6 Å². The highest BCUT2D eigenvalue weighted by atomic mass is 16.4. The van der Waals surface area contributed by atoms with Gasteiger partial charge in [0, 0.05) is 23.5 Å². The molecule has 0 unspecified atom stereocenters. The summed E-state index contributed by atoms with van der Waals surface area (Å²) >= 11 is 0. The molecule has 0 bridgehead atoms. The quantitative estimate of drug-likeness (QED) is 0.830. The maximum Gasteiger partial charge on any atom is 0.303 e. The molecule has 3 nitrogen and oxygen atoms in total. The van der Waals surface area contributed by atoms with Gasteiger partial charge in [-0.1, -0.05) is 19.4 Å². The minimum Gasteiger partial charge on any atom is -0.481 e. The number of nitrogens with one attached hydrogen (secondary N) is 1. The van der Waals surface area contributed by atoms with Gasteiger partial charge in [0.2, 0.25) is 0 Å². The molecule has 1 aromatic carbocycles. The summed E-state index contributed by atoms with van der Waals surface area (Å²) in [6.45, 7) is 2.16. The lowest BCUT2D eigenvalue weighted by Crippen LogP contribution is -1.96. The minimum atomic E-state index is -0.746. The van der Waals surface area contributed by atoms with E-state index in [9.17, 15) is 4.79 Å². The van der Waals surface area contributed by atoms with Crippen molar-refractivity contribution in [3.8, 4) is 0 Å². The summed E-state index contributed by atoms with van der Waals surface area (Å²) in [5.74, 6) is -0.746. The molecule has 0 spiro atoms. The summed E-state index contributed by atoms with van der Waals surface area (Å²) in [5.41, 5.74) is 3.50. The van der Waals surface area contributed by atoms with Crippen molar-refractivity contribution >= 4 is 16.9 Å². The van der Waals surface area contributed by atoms with Crippen LogP contribution in [0.5, 0.6) is 0 Å². The van der Waals surface area contributed by atoms with Crippen molar-refractivity contribution in [2.24, 2.45) is 0 Å². The Kier molecular flexibility index (Phi) is 3.47. The van der Waals surface area contributed by atoms with Crippen molar-refractivity contribution in [1.82, 2.24) is 4.98 Å². The number of fused-ring (bicyclic) bond motifs is 1. The third-order valence-corrected chi connectivity index (χ3v) is 2.98. The number of carboxylic acid groups (broad SMARTS) is 1. The standard InChI is InChI=1S/C14H17NO2/c1-2-3-10-4-6-13-12(8-10)11(9-15-13)5-7-14(16)17/h4,6,8-9,15H,2-3,5,7H2,1H3,(H,16,17). The molecular formula is C14H17NO2. The number of hydrogen-bond donors (Lipinski definition) is 2. The zero-order valence-corrected chi connectivity index (χ0v) is 9.99. The monoisotopic (exact) mass is 231 g/mol. The van der Waals surface area contributed by atoms with Crippen molar-refractivity contribution in [2.75, 3.05) is 0 Å². The van der Waals surface area contributed by atoms with Crippen LogP contribution in [0.2, 0.25) is 0 Å². The average molecular weight is 231 g/mol. The lowest BCUT2D eigenvalue weighted by atomic mass is 10.0. The van der Waals surface area contributed by atoms with Gasteiger partial charge in [0.1, 0.15) is 0 Å². The fourth-order valence-corrected chi connectivity index (χ4v) is 2.12. The lowest BCUT2D eigenvalue weighted by Gasteiger charge is -2.01. The molecule has 2 N–H and O–H groups in total. The van der Waals surface area contributed by atoms with Gasteiger partial charge >= 0.3 is 5.97 Å². The number of aryl methyl sites for hydroxylation is 2. The highest BCUT2D eigenvalue weighted by molar-refractivity contribution is 5.84. The Morgan fingerprint density at radius 2 is 2.18 bits per heavy atom. The fourth-order valence-electron chi connectivity index (χ4n) is 2.12. The topological polar surface area (TPSA) is 53.1 Å². The molecule has 0 atom stereocenters. The number of benzene rings is 1. The first-order valence-electron chi connectivity index (χ1n) is 6.01. The second kappa shape index (κ2) is 5.04. The van der Waals surface area contributed by atoms with Crippen LogP contribution in [0.3, 0.4) is 0 Å². The van der Waals surface area contributed by atoms with Crippen molar-refractivity contribution < 1.29 is 9.90 Å². The fraction of sp³-hybridized carbons (Fsp3) is 0.357. The number of aliphatic carboxylic acids is 1. The second-order valence-corrected chi connectivity index (χ2v) is 4.34. The van der Waals surface area contributed by atoms with E-state index in [-0.39, 0.29) is 6.42 Å². The van der Waals surface area contributed by atoms with Gasteiger partial charge in [0.25, 0.3) is 0 Å². The maximum atomic E-state index is 10.6. The van der Waals surface area contributed by atoms with E-state index in [1.54, 1.807) is 0 Å². The molecule has 17 heavy (non-hydrogen) atoms. The van der Waals surface area contributed by atoms with Crippen LogP contribution in [0, 0.1) is 0 Å². The maximum absolute atomic E-state index is 10.6. The molecule has 0 saturated carbocycles. The minimum absolute atomic E-state index is 0.185. The smallest absolute Gasteiger partial charge is 0.303 e. The molecule has 0 amide bonds. The zero-order chi connectivity index (χ0) is 12.3. The molecule has 0 radical (unpaired) electrons. The second-order valence-electron chi connectivity index (χ2n) is 4.34. The molecule has 0 aliphatic carbocycles. The number of aromatic amines is 1. The first-order chi connectivity index (χ1) is 8.20. The van der Waals surface area contributed by atoms with E-state index in [2.05, 4.69) is 30.1 Å². The Balaban J connectivity index is 2.29. The van der Waals surface area contributed by atoms with E-state index in [0.29, 0.717) is 6.42 Å². The predicted molar refractivity (Wildman–Crippen MR) is 68.3 cm³/mol. The Labute approximate surface area is 100 Å². The molecule has 1 aromatic heterocycles. The molecule has 2 rings (SSSR count). The summed E-state index contributed by atoms with van der Waals surface area (Å²) in [6.07, 6.45) is 4.89. The predicted octanol–water partition coefficient (Wildman–Crippen LogP) is 3.14. The molecule has 2 aromatic rings. The van der Waals surface area contributed by atoms with Crippen LogP contribution >= 0.6 is 0 Å². The summed E-state index contributed by atoms with van der Waals surface area (Å²) in [7, 11) is 0. The lowest BCUT2D eigenvalue weighted by molar-refractivity contribution is -0.136. The Morgan fingerprint density at radius 3 is 2.88 bits per heavy atom. The van der Waals surface area contributed by atoms with Crippen molar-refractivity contribution in [3.63, 3.8) is 0 Å². The summed E-state index contributed by atoms with van der Waals surface area (Å²) < 4.78 is 0. The molecule has 0 saturated heterocycles. The van der Waals surface area contributed by atoms with Gasteiger partial charge in [-0.15, -0.1) is 0 Å². The van der Waals surface area contributed by atoms with E-state index in [1.165, 1.54) is 5.56 Å². The first-order valence-corrected chi connectivity index (χ1v) is 6.01. The van der Waals surface area contributed by atoms with E-state index >= 15 is 0 Å². The SMILES string of the molecule is CCCc1ccc2[nH]cc(CCC(=O)O)c2c1. The van der Waals surface area contributed by atoms with Gasteiger partial charge < -0.3 is 10.1 Å². The first kappa shape index (κ1) is 11.7. The number of H-pyrrole nitrogens is 1. The normalized spacial score (nSPS) is 10.9. The number of aromatic nitrogens is 1. The third kappa shape index (κ3) is 2.67. The van der Waals surface area contributed by atoms with E-state index < -0.39 is 5.97 Å². The highest BCUT2D eigenvalue weighted by Gasteiger charge is 2.06. The summed E-state index contributed by atoms with van der Waals surface area (Å²) in [6, 6.07) is 6.38. The van der Waals surface area contributed by atoms with Crippen LogP contribution in [0.1, 0.15) is 30.9 Å². The molecule has 3 heteroatoms. The summed E-state index contributed by atoms with van der Waals surface area (Å²) in [5, 5.41) is 9.88. The molecule has 0 aliphatic heterocycles. The largest absolute Gasteiger partial charge is 0.481 e. The third-order valence-electron chi connectivity index (χ3n) is 2.98. The number of rotatable bonds is 5. The van der Waals surface area contributed by atoms with Gasteiger partial charge in [-0.25, -0.2) is 0 Å². The summed E-state index contributed by atoms with van der Waals surface area (Å²) in [4.78, 5) is 13.8. The van der Waals surface area contributed by atoms with Gasteiger partial charge in [-0.05, 0) is 36.1 Å². The van der Waals surface area contributed by atoms with Crippen LogP contribution in [-0.2, 0) is 17.6 Å². The van der Waals surface area contributed by atoms with Gasteiger partial charge in [0.05, 0.1) is 0 Å². The highest BCUT2D eigenvalue weighted by Crippen LogP contribution is 2.21. The van der Waals surface area contributed by atoms with Gasteiger partial charge in [0.15, 0.2) is 0 Å². The molecular weight excluding hydrogens is 214 g/mol. The van der Waals surface area contributed by atoms with Crippen LogP contribution in [0.15, 0.2) is 24.4 Å². The van der Waals surface area contributed by atoms with E-state index in [1.807, 2.05) is 6.20 Å². The van der Waals surface area contributed by atoms with Gasteiger partial charge in [-0.2, -0.15) is 0 Å². The number of carbonyl (C=O) groups is 1. The number of carboxylic acids is 1. The number of hydrogen-bond acceptors (Lipinski definition) is 1. The Hall–Kier alpha value is -1.77. The van der Waals surface area contributed by atoms with Crippen molar-refractivity contribution in [3.05, 3.63) is 35.5 Å². The van der Waals surface area contributed by atoms with Crippen molar-refractivity contribution in [1.29, 1.82) is 0 Å². The van der Waals surface area contributed by atoms with Crippen LogP contribution < -0.4 is 0 Å². The average Bonchev–Trinajstić information content (AvgIpc) is 2.69. The van der Waals surface area contributed by atoms with Crippen LogP contribution in [-0.4, -0.2) is 16.1 Å². The molecule has 1 heterocycles. The molecule has 0 fully saturated rings. The van der Waals surface area contributed by atoms with Gasteiger partial charge in [-0.3, -0.25) is 4.79 Å². The van der Waals surface area contributed by atoms with Crippen LogP contribution in [0.25, 0.3) is 10.9 Å². The van der Waals surface area contributed by atoms with Crippen LogP contribution in [0.4, 0.5) is 0 Å².